The van der Waals surface area contributed by atoms with Gasteiger partial charge in [0.05, 0.1) is 0 Å². The van der Waals surface area contributed by atoms with Crippen molar-refractivity contribution in [3.05, 3.63) is 0 Å². The van der Waals surface area contributed by atoms with E-state index in [4.69, 9.17) is 32.1 Å². The first-order chi connectivity index (χ1) is 4.00. The molecule has 0 aliphatic carbocycles. The molecule has 0 atom stereocenters. The summed E-state index contributed by atoms with van der Waals surface area (Å²) in [4.78, 5) is 0. The summed E-state index contributed by atoms with van der Waals surface area (Å²) in [5, 5.41) is 0. The first-order valence-electron chi connectivity index (χ1n) is 1.23. The first kappa shape index (κ1) is 23.2. The van der Waals surface area contributed by atoms with E-state index in [1.165, 1.54) is 0 Å². The number of rotatable bonds is 0. The van der Waals surface area contributed by atoms with Crippen molar-refractivity contribution in [1.82, 2.24) is 0 Å². The molecule has 0 amide bonds. The second kappa shape index (κ2) is 8.68. The summed E-state index contributed by atoms with van der Waals surface area (Å²) in [7, 11) is 0. The van der Waals surface area contributed by atoms with Crippen LogP contribution in [0.15, 0.2) is 0 Å². The second-order valence-electron chi connectivity index (χ2n) is 0.756. The van der Waals surface area contributed by atoms with Gasteiger partial charge < -0.3 is 0 Å². The number of hydrogen-bond donors (Lipinski definition) is 0. The predicted molar refractivity (Wildman–Crippen MR) is 2.75 cm³/mol. The molecule has 12 heteroatoms. The third-order valence-corrected chi connectivity index (χ3v) is 0. The Hall–Kier alpha value is 1.09. The van der Waals surface area contributed by atoms with Crippen molar-refractivity contribution in [2.45, 2.75) is 0 Å². The molecule has 0 aromatic rings. The van der Waals surface area contributed by atoms with Gasteiger partial charge in [0.15, 0.2) is 0 Å². The fourth-order valence-corrected chi connectivity index (χ4v) is 0. The van der Waals surface area contributed by atoms with Crippen LogP contribution in [-0.2, 0) is 75.6 Å². The van der Waals surface area contributed by atoms with Crippen LogP contribution in [0.2, 0.25) is 0 Å². The third kappa shape index (κ3) is 947. The molecule has 0 aliphatic rings. The summed E-state index contributed by atoms with van der Waals surface area (Å²) >= 11 is -11.2. The molecule has 0 spiro atoms. The normalized spacial score (nSPS) is 9.67. The second-order valence-corrected chi connectivity index (χ2v) is 3.12. The van der Waals surface area contributed by atoms with Crippen molar-refractivity contribution in [2.75, 3.05) is 0 Å². The molecule has 0 saturated carbocycles. The monoisotopic (exact) mass is 352 g/mol. The van der Waals surface area contributed by atoms with E-state index >= 15 is 0 Å². The average Bonchev–Trinajstić information content (AvgIpc) is 1.12. The fourth-order valence-electron chi connectivity index (χ4n) is 0. The Balaban J connectivity index is -0.0000000457. The average molecular weight is 352 g/mol. The third-order valence-electron chi connectivity index (χ3n) is 0. The first-order valence-corrected chi connectivity index (χ1v) is 5.09. The molecule has 0 bridgehead atoms. The molecule has 8 nitrogen and oxygen atoms in total. The van der Waals surface area contributed by atoms with Crippen LogP contribution in [0.4, 0.5) is 0 Å². The Morgan fingerprint density at radius 3 is 0.667 bits per heavy atom. The van der Waals surface area contributed by atoms with E-state index in [0.29, 0.717) is 0 Å². The summed E-state index contributed by atoms with van der Waals surface area (Å²) in [5.41, 5.74) is 0. The van der Waals surface area contributed by atoms with Gasteiger partial charge in [-0.3, -0.25) is 0 Å². The van der Waals surface area contributed by atoms with E-state index < -0.39 is 26.7 Å². The summed E-state index contributed by atoms with van der Waals surface area (Å²) in [6, 6.07) is 0. The van der Waals surface area contributed by atoms with E-state index in [1.54, 1.807) is 0 Å². The minimum absolute atomic E-state index is 0. The molecule has 0 saturated heterocycles. The summed E-state index contributed by atoms with van der Waals surface area (Å²) in [6.07, 6.45) is 0. The topological polar surface area (TPSA) is 161 Å². The Morgan fingerprint density at radius 1 is 0.667 bits per heavy atom. The van der Waals surface area contributed by atoms with Crippen LogP contribution in [0, 0.1) is 0 Å². The van der Waals surface area contributed by atoms with Crippen molar-refractivity contribution in [3.8, 4) is 0 Å². The van der Waals surface area contributed by atoms with Crippen LogP contribution in [0.5, 0.6) is 0 Å². The van der Waals surface area contributed by atoms with Gasteiger partial charge in [-0.2, -0.15) is 0 Å². The van der Waals surface area contributed by atoms with Gasteiger partial charge in [0.2, 0.25) is 0 Å². The maximum atomic E-state index is 8.58. The molecule has 12 heavy (non-hydrogen) atoms. The van der Waals surface area contributed by atoms with Crippen LogP contribution in [0.25, 0.3) is 0 Å². The quantitative estimate of drug-likeness (QED) is 0.391. The molecule has 0 radical (unpaired) electrons. The molecule has 0 heterocycles. The maximum absolute atomic E-state index is 8.58. The Labute approximate surface area is 91.9 Å². The molecule has 0 aliphatic heterocycles. The Morgan fingerprint density at radius 2 is 0.667 bits per heavy atom. The van der Waals surface area contributed by atoms with Crippen LogP contribution < -0.4 is 16.8 Å². The van der Waals surface area contributed by atoms with Gasteiger partial charge in [-0.25, -0.2) is 0 Å². The molecule has 0 aromatic carbocycles. The van der Waals surface area contributed by atoms with E-state index in [0.717, 1.165) is 0 Å². The van der Waals surface area contributed by atoms with Crippen LogP contribution in [0.3, 0.4) is 0 Å². The summed E-state index contributed by atoms with van der Waals surface area (Å²) < 4.78 is 68.6. The SMILES string of the molecule is [Fe+2].[Ni+2].[O]=[Mn](=[O])([O-])[O-].[O]=[Mn](=[O])([O-])[O-]. The van der Waals surface area contributed by atoms with Gasteiger partial charge in [0, 0.05) is 0 Å². The summed E-state index contributed by atoms with van der Waals surface area (Å²) in [5.74, 6) is 0. The van der Waals surface area contributed by atoms with Crippen LogP contribution in [-0.4, -0.2) is 0 Å². The van der Waals surface area contributed by atoms with Crippen LogP contribution >= 0.6 is 0 Å². The predicted octanol–water partition coefficient (Wildman–Crippen LogP) is -5.24. The fraction of sp³-hybridized carbons (Fsp3) is 0. The summed E-state index contributed by atoms with van der Waals surface area (Å²) in [6.45, 7) is 0. The standard InChI is InChI=1S/Fe.2Mn.Ni.8O/q+2;;;+2;;;;;4*-1. The van der Waals surface area contributed by atoms with Gasteiger partial charge in [-0.15, -0.1) is 0 Å². The van der Waals surface area contributed by atoms with Gasteiger partial charge in [0.25, 0.3) is 0 Å². The van der Waals surface area contributed by atoms with Gasteiger partial charge in [-0.05, 0) is 0 Å². The van der Waals surface area contributed by atoms with Crippen molar-refractivity contribution >= 4 is 0 Å². The zero-order valence-electron chi connectivity index (χ0n) is 4.69. The van der Waals surface area contributed by atoms with Gasteiger partial charge in [0.1, 0.15) is 0 Å². The zero-order chi connectivity index (χ0) is 9.00. The van der Waals surface area contributed by atoms with E-state index in [1.807, 2.05) is 0 Å². The minimum atomic E-state index is -5.62. The van der Waals surface area contributed by atoms with Crippen molar-refractivity contribution in [2.24, 2.45) is 0 Å². The van der Waals surface area contributed by atoms with Crippen molar-refractivity contribution < 1.29 is 92.4 Å². The molecule has 0 aromatic heterocycles. The van der Waals surface area contributed by atoms with Gasteiger partial charge >= 0.3 is 92.4 Å². The molecular weight excluding hydrogens is 352 g/mol. The van der Waals surface area contributed by atoms with E-state index in [9.17, 15) is 0 Å². The zero-order valence-corrected chi connectivity index (χ0v) is 9.14. The molecule has 0 N–H and O–H groups in total. The van der Waals surface area contributed by atoms with E-state index in [2.05, 4.69) is 0 Å². The van der Waals surface area contributed by atoms with Crippen LogP contribution in [0.1, 0.15) is 0 Å². The van der Waals surface area contributed by atoms with Crippen molar-refractivity contribution in [3.63, 3.8) is 0 Å². The Kier molecular flexibility index (Phi) is 16.7. The van der Waals surface area contributed by atoms with E-state index in [-0.39, 0.29) is 33.6 Å². The Bertz CT molecular complexity index is 213. The molecule has 0 rings (SSSR count). The molecule has 0 fully saturated rings. The van der Waals surface area contributed by atoms with Gasteiger partial charge in [-0.1, -0.05) is 0 Å². The van der Waals surface area contributed by atoms with Crippen molar-refractivity contribution in [1.29, 1.82) is 0 Å². The molecule has 80 valence electrons. The molecule has 0 unspecified atom stereocenters. The number of hydrogen-bond acceptors (Lipinski definition) is 8. The molecular formula is FeMn2NiO8.